The molecule has 11 heteroatoms. The van der Waals surface area contributed by atoms with Gasteiger partial charge in [0.15, 0.2) is 0 Å². The monoisotopic (exact) mass is 284 g/mol. The fourth-order valence-electron chi connectivity index (χ4n) is 0.573. The molecule has 5 N–H and O–H groups in total. The topological polar surface area (TPSA) is 136 Å². The molecule has 0 bridgehead atoms. The van der Waals surface area contributed by atoms with Gasteiger partial charge < -0.3 is 19.8 Å². The zero-order valence-electron chi connectivity index (χ0n) is 8.90. The Hall–Kier alpha value is 0.960. The Morgan fingerprint density at radius 2 is 1.88 bits per heavy atom. The second kappa shape index (κ2) is 8.13. The van der Waals surface area contributed by atoms with Crippen LogP contribution in [0.4, 0.5) is 0 Å². The van der Waals surface area contributed by atoms with Crippen LogP contribution in [0.1, 0.15) is 6.92 Å². The molecule has 0 aromatic heterocycles. The average Bonchev–Trinajstić information content (AvgIpc) is 1.98. The van der Waals surface area contributed by atoms with Crippen molar-refractivity contribution in [3.05, 3.63) is 11.6 Å². The zero-order valence-corrected chi connectivity index (χ0v) is 12.7. The molecule has 1 atom stereocenters. The number of hydrogen-bond acceptors (Lipinski definition) is 4. The van der Waals surface area contributed by atoms with Gasteiger partial charge in [0, 0.05) is 6.54 Å². The third kappa shape index (κ3) is 11.4. The maximum atomic E-state index is 10.9. The SMILES string of the molecule is C/C(=C\CNP(=O)(O)OP(=O)(O)O)CO.[Na+]. The molecule has 0 aromatic rings. The minimum Gasteiger partial charge on any atom is -0.392 e. The Morgan fingerprint density at radius 3 is 2.25 bits per heavy atom. The van der Waals surface area contributed by atoms with Crippen molar-refractivity contribution in [2.45, 2.75) is 6.92 Å². The predicted octanol–water partition coefficient (Wildman–Crippen LogP) is -3.27. The molecule has 0 radical (unpaired) electrons. The van der Waals surface area contributed by atoms with Crippen molar-refractivity contribution < 1.29 is 62.8 Å². The van der Waals surface area contributed by atoms with Crippen molar-refractivity contribution in [1.82, 2.24) is 5.09 Å². The zero-order chi connectivity index (χ0) is 12.1. The Morgan fingerprint density at radius 1 is 1.38 bits per heavy atom. The molecule has 0 aliphatic rings. The van der Waals surface area contributed by atoms with Gasteiger partial charge in [-0.15, -0.1) is 0 Å². The third-order valence-electron chi connectivity index (χ3n) is 1.21. The molecule has 0 rings (SSSR count). The van der Waals surface area contributed by atoms with Gasteiger partial charge in [-0.2, -0.15) is 4.31 Å². The van der Waals surface area contributed by atoms with E-state index in [1.54, 1.807) is 6.92 Å². The molecule has 0 heterocycles. The first kappa shape index (κ1) is 19.3. The van der Waals surface area contributed by atoms with Gasteiger partial charge in [-0.1, -0.05) is 11.6 Å². The molecule has 0 saturated heterocycles. The number of phosphoric acid groups is 1. The molecule has 0 amide bonds. The van der Waals surface area contributed by atoms with Crippen LogP contribution in [0.15, 0.2) is 11.6 Å². The number of aliphatic hydroxyl groups excluding tert-OH is 1. The Labute approximate surface area is 115 Å². The first-order valence-electron chi connectivity index (χ1n) is 3.77. The standard InChI is InChI=1S/C5H13NO7P2.Na/c1-5(4-7)2-3-6-14(8,9)13-15(10,11)12;/h2,7H,3-4H2,1H3,(H2,6,8,9)(H2,10,11,12);/q;+1/b5-2+;. The van der Waals surface area contributed by atoms with Gasteiger partial charge >= 0.3 is 45.1 Å². The fourth-order valence-corrected chi connectivity index (χ4v) is 2.28. The number of nitrogens with one attached hydrogen (secondary N) is 1. The minimum absolute atomic E-state index is 0. The molecule has 8 nitrogen and oxygen atoms in total. The molecule has 90 valence electrons. The molecule has 0 spiro atoms. The smallest absolute Gasteiger partial charge is 0.392 e. The molecule has 1 unspecified atom stereocenters. The average molecular weight is 284 g/mol. The van der Waals surface area contributed by atoms with Crippen molar-refractivity contribution in [3.63, 3.8) is 0 Å². The molecule has 0 aromatic carbocycles. The summed E-state index contributed by atoms with van der Waals surface area (Å²) in [6.45, 7) is 1.21. The van der Waals surface area contributed by atoms with Crippen LogP contribution in [0.5, 0.6) is 0 Å². The third-order valence-corrected chi connectivity index (χ3v) is 3.53. The van der Waals surface area contributed by atoms with Crippen LogP contribution in [0.2, 0.25) is 0 Å². The molecular formula is C5H13NNaO7P2+. The van der Waals surface area contributed by atoms with E-state index in [0.29, 0.717) is 5.57 Å². The van der Waals surface area contributed by atoms with Crippen molar-refractivity contribution in [1.29, 1.82) is 0 Å². The summed E-state index contributed by atoms with van der Waals surface area (Å²) in [6.07, 6.45) is 1.38. The Bertz CT molecular complexity index is 327. The van der Waals surface area contributed by atoms with E-state index >= 15 is 0 Å². The molecule has 0 fully saturated rings. The first-order valence-corrected chi connectivity index (χ1v) is 6.88. The van der Waals surface area contributed by atoms with E-state index in [-0.39, 0.29) is 42.7 Å². The molecule has 0 saturated carbocycles. The van der Waals surface area contributed by atoms with E-state index in [1.165, 1.54) is 6.08 Å². The summed E-state index contributed by atoms with van der Waals surface area (Å²) < 4.78 is 24.8. The van der Waals surface area contributed by atoms with E-state index in [9.17, 15) is 9.13 Å². The second-order valence-corrected chi connectivity index (χ2v) is 5.65. The van der Waals surface area contributed by atoms with Gasteiger partial charge in [0.1, 0.15) is 0 Å². The summed E-state index contributed by atoms with van der Waals surface area (Å²) in [4.78, 5) is 25.4. The first-order chi connectivity index (χ1) is 6.66. The van der Waals surface area contributed by atoms with Crippen LogP contribution in [-0.4, -0.2) is 32.9 Å². The number of rotatable bonds is 6. The molecule has 0 aliphatic heterocycles. The summed E-state index contributed by atoms with van der Waals surface area (Å²) in [6, 6.07) is 0. The summed E-state index contributed by atoms with van der Waals surface area (Å²) in [5.74, 6) is 0. The normalized spacial score (nSPS) is 16.4. The quantitative estimate of drug-likeness (QED) is 0.195. The van der Waals surface area contributed by atoms with Gasteiger partial charge in [0.05, 0.1) is 6.61 Å². The van der Waals surface area contributed by atoms with E-state index in [4.69, 9.17) is 19.8 Å². The van der Waals surface area contributed by atoms with E-state index < -0.39 is 15.6 Å². The number of aliphatic hydroxyl groups is 1. The predicted molar refractivity (Wildman–Crippen MR) is 51.8 cm³/mol. The van der Waals surface area contributed by atoms with Gasteiger partial charge in [-0.3, -0.25) is 0 Å². The minimum atomic E-state index is -5.00. The maximum absolute atomic E-state index is 10.9. The molecule has 0 aliphatic carbocycles. The summed E-state index contributed by atoms with van der Waals surface area (Å²) in [7, 11) is -9.52. The van der Waals surface area contributed by atoms with Gasteiger partial charge in [-0.05, 0) is 6.92 Å². The summed E-state index contributed by atoms with van der Waals surface area (Å²) >= 11 is 0. The van der Waals surface area contributed by atoms with Crippen LogP contribution in [-0.2, 0) is 13.4 Å². The van der Waals surface area contributed by atoms with Crippen molar-refractivity contribution in [2.75, 3.05) is 13.2 Å². The van der Waals surface area contributed by atoms with Crippen molar-refractivity contribution in [2.24, 2.45) is 0 Å². The van der Waals surface area contributed by atoms with Crippen LogP contribution in [0, 0.1) is 0 Å². The molecular weight excluding hydrogens is 271 g/mol. The van der Waals surface area contributed by atoms with Gasteiger partial charge in [0.25, 0.3) is 0 Å². The fraction of sp³-hybridized carbons (Fsp3) is 0.600. The van der Waals surface area contributed by atoms with Gasteiger partial charge in [-0.25, -0.2) is 14.2 Å². The van der Waals surface area contributed by atoms with E-state index in [1.807, 2.05) is 5.09 Å². The van der Waals surface area contributed by atoms with Crippen LogP contribution in [0.25, 0.3) is 0 Å². The van der Waals surface area contributed by atoms with Crippen molar-refractivity contribution >= 4 is 15.6 Å². The second-order valence-electron chi connectivity index (χ2n) is 2.66. The Balaban J connectivity index is 0. The van der Waals surface area contributed by atoms with E-state index in [0.717, 1.165) is 0 Å². The Kier molecular flexibility index (Phi) is 9.81. The van der Waals surface area contributed by atoms with E-state index in [2.05, 4.69) is 4.31 Å². The van der Waals surface area contributed by atoms with Crippen LogP contribution >= 0.6 is 15.6 Å². The molecule has 16 heavy (non-hydrogen) atoms. The van der Waals surface area contributed by atoms with Crippen molar-refractivity contribution in [3.8, 4) is 0 Å². The summed E-state index contributed by atoms with van der Waals surface area (Å²) in [5.41, 5.74) is 0.540. The largest absolute Gasteiger partial charge is 1.00 e. The number of hydrogen-bond donors (Lipinski definition) is 5. The van der Waals surface area contributed by atoms with Crippen LogP contribution in [0.3, 0.4) is 0 Å². The van der Waals surface area contributed by atoms with Crippen LogP contribution < -0.4 is 34.6 Å². The summed E-state index contributed by atoms with van der Waals surface area (Å²) in [5, 5.41) is 10.5. The maximum Gasteiger partial charge on any atom is 1.00 e. The van der Waals surface area contributed by atoms with Gasteiger partial charge in [0.2, 0.25) is 0 Å².